The molecule has 0 saturated heterocycles. The fourth-order valence-electron chi connectivity index (χ4n) is 1.78. The van der Waals surface area contributed by atoms with Crippen LogP contribution in [0.15, 0.2) is 28.3 Å². The number of hydrogen-bond acceptors (Lipinski definition) is 8. The average Bonchev–Trinajstić information content (AvgIpc) is 2.38. The molecule has 0 unspecified atom stereocenters. The highest BCUT2D eigenvalue weighted by Gasteiger charge is 2.16. The molecule has 0 spiro atoms. The van der Waals surface area contributed by atoms with Gasteiger partial charge in [0, 0.05) is 28.8 Å². The SMILES string of the molecule is Nc1cc(N)nc(Sc2cc3c(cc2N)OCCO3)n1. The topological polar surface area (TPSA) is 122 Å². The van der Waals surface area contributed by atoms with Gasteiger partial charge in [0.1, 0.15) is 24.8 Å². The van der Waals surface area contributed by atoms with E-state index >= 15 is 0 Å². The van der Waals surface area contributed by atoms with Crippen molar-refractivity contribution in [1.29, 1.82) is 0 Å². The second kappa shape index (κ2) is 4.97. The summed E-state index contributed by atoms with van der Waals surface area (Å²) in [4.78, 5) is 8.97. The van der Waals surface area contributed by atoms with Crippen molar-refractivity contribution < 1.29 is 9.47 Å². The number of anilines is 3. The molecule has 2 heterocycles. The summed E-state index contributed by atoms with van der Waals surface area (Å²) < 4.78 is 11.0. The molecule has 0 aliphatic carbocycles. The van der Waals surface area contributed by atoms with Crippen molar-refractivity contribution in [2.45, 2.75) is 10.1 Å². The lowest BCUT2D eigenvalue weighted by atomic mass is 10.2. The lowest BCUT2D eigenvalue weighted by Gasteiger charge is -2.19. The Kier molecular flexibility index (Phi) is 3.15. The zero-order chi connectivity index (χ0) is 14.1. The van der Waals surface area contributed by atoms with Crippen LogP contribution in [0.2, 0.25) is 0 Å². The quantitative estimate of drug-likeness (QED) is 0.556. The second-order valence-electron chi connectivity index (χ2n) is 4.14. The third-order valence-electron chi connectivity index (χ3n) is 2.62. The molecule has 0 radical (unpaired) electrons. The maximum absolute atomic E-state index is 5.99. The molecule has 1 aliphatic heterocycles. The Hall–Kier alpha value is -2.35. The first-order valence-corrected chi connectivity index (χ1v) is 6.70. The summed E-state index contributed by atoms with van der Waals surface area (Å²) in [5.74, 6) is 1.93. The van der Waals surface area contributed by atoms with Crippen LogP contribution in [-0.4, -0.2) is 23.2 Å². The molecule has 8 heteroatoms. The van der Waals surface area contributed by atoms with E-state index in [2.05, 4.69) is 9.97 Å². The Morgan fingerprint density at radius 1 is 0.900 bits per heavy atom. The number of benzene rings is 1. The number of aromatic nitrogens is 2. The van der Waals surface area contributed by atoms with E-state index < -0.39 is 0 Å². The van der Waals surface area contributed by atoms with Crippen LogP contribution in [0.3, 0.4) is 0 Å². The molecule has 7 nitrogen and oxygen atoms in total. The number of ether oxygens (including phenoxy) is 2. The molecule has 0 fully saturated rings. The van der Waals surface area contributed by atoms with Crippen molar-refractivity contribution >= 4 is 29.1 Å². The normalized spacial score (nSPS) is 13.2. The molecule has 104 valence electrons. The summed E-state index contributed by atoms with van der Waals surface area (Å²) in [6, 6.07) is 5.03. The van der Waals surface area contributed by atoms with Gasteiger partial charge in [-0.1, -0.05) is 0 Å². The van der Waals surface area contributed by atoms with E-state index in [0.29, 0.717) is 47.2 Å². The minimum Gasteiger partial charge on any atom is -0.486 e. The summed E-state index contributed by atoms with van der Waals surface area (Å²) in [5.41, 5.74) is 17.8. The van der Waals surface area contributed by atoms with Gasteiger partial charge in [0.15, 0.2) is 16.7 Å². The molecule has 1 aliphatic rings. The standard InChI is InChI=1S/C12H13N5O2S/c13-6-3-7-8(19-2-1-18-7)4-9(6)20-12-16-10(14)5-11(15)17-12/h3-5H,1-2,13H2,(H4,14,15,16,17). The van der Waals surface area contributed by atoms with Crippen LogP contribution in [-0.2, 0) is 0 Å². The number of nitrogen functional groups attached to an aromatic ring is 3. The van der Waals surface area contributed by atoms with Crippen molar-refractivity contribution in [3.63, 3.8) is 0 Å². The largest absolute Gasteiger partial charge is 0.486 e. The number of nitrogens with two attached hydrogens (primary N) is 3. The van der Waals surface area contributed by atoms with Gasteiger partial charge in [-0.25, -0.2) is 9.97 Å². The van der Waals surface area contributed by atoms with Gasteiger partial charge in [0.25, 0.3) is 0 Å². The molecule has 0 amide bonds. The number of fused-ring (bicyclic) bond motifs is 1. The Bertz CT molecular complexity index is 644. The van der Waals surface area contributed by atoms with Gasteiger partial charge in [-0.2, -0.15) is 0 Å². The maximum atomic E-state index is 5.99. The zero-order valence-corrected chi connectivity index (χ0v) is 11.3. The van der Waals surface area contributed by atoms with Crippen molar-refractivity contribution in [2.24, 2.45) is 0 Å². The molecular weight excluding hydrogens is 278 g/mol. The van der Waals surface area contributed by atoms with Gasteiger partial charge < -0.3 is 26.7 Å². The van der Waals surface area contributed by atoms with Crippen LogP contribution in [0.5, 0.6) is 11.5 Å². The van der Waals surface area contributed by atoms with E-state index in [0.717, 1.165) is 4.90 Å². The van der Waals surface area contributed by atoms with Gasteiger partial charge in [-0.3, -0.25) is 0 Å². The molecule has 0 atom stereocenters. The number of hydrogen-bond donors (Lipinski definition) is 3. The van der Waals surface area contributed by atoms with Gasteiger partial charge in [-0.05, 0) is 11.8 Å². The Labute approximate surface area is 119 Å². The van der Waals surface area contributed by atoms with E-state index in [1.165, 1.54) is 17.8 Å². The Morgan fingerprint density at radius 2 is 1.50 bits per heavy atom. The summed E-state index contributed by atoms with van der Waals surface area (Å²) in [7, 11) is 0. The molecule has 2 aromatic rings. The van der Waals surface area contributed by atoms with E-state index in [-0.39, 0.29) is 0 Å². The minimum absolute atomic E-state index is 0.316. The first kappa shape index (κ1) is 12.7. The molecular formula is C12H13N5O2S. The van der Waals surface area contributed by atoms with Gasteiger partial charge >= 0.3 is 0 Å². The Morgan fingerprint density at radius 3 is 2.15 bits per heavy atom. The maximum Gasteiger partial charge on any atom is 0.196 e. The van der Waals surface area contributed by atoms with E-state index in [1.54, 1.807) is 12.1 Å². The zero-order valence-electron chi connectivity index (χ0n) is 10.5. The van der Waals surface area contributed by atoms with E-state index in [9.17, 15) is 0 Å². The van der Waals surface area contributed by atoms with Crippen LogP contribution in [0, 0.1) is 0 Å². The minimum atomic E-state index is 0.316. The molecule has 0 bridgehead atoms. The monoisotopic (exact) mass is 291 g/mol. The van der Waals surface area contributed by atoms with Crippen molar-refractivity contribution in [1.82, 2.24) is 9.97 Å². The van der Waals surface area contributed by atoms with Crippen LogP contribution in [0.1, 0.15) is 0 Å². The first-order chi connectivity index (χ1) is 9.61. The van der Waals surface area contributed by atoms with Crippen LogP contribution < -0.4 is 26.7 Å². The molecule has 1 aromatic heterocycles. The molecule has 20 heavy (non-hydrogen) atoms. The smallest absolute Gasteiger partial charge is 0.196 e. The lowest BCUT2D eigenvalue weighted by molar-refractivity contribution is 0.171. The molecule has 3 rings (SSSR count). The highest BCUT2D eigenvalue weighted by molar-refractivity contribution is 7.99. The highest BCUT2D eigenvalue weighted by Crippen LogP contribution is 2.40. The van der Waals surface area contributed by atoms with E-state index in [4.69, 9.17) is 26.7 Å². The van der Waals surface area contributed by atoms with Gasteiger partial charge in [-0.15, -0.1) is 0 Å². The second-order valence-corrected chi connectivity index (χ2v) is 5.15. The predicted molar refractivity (Wildman–Crippen MR) is 76.8 cm³/mol. The van der Waals surface area contributed by atoms with Crippen molar-refractivity contribution in [3.8, 4) is 11.5 Å². The van der Waals surface area contributed by atoms with Gasteiger partial charge in [0.05, 0.1) is 0 Å². The third kappa shape index (κ3) is 2.50. The summed E-state index contributed by atoms with van der Waals surface area (Å²) >= 11 is 1.27. The fourth-order valence-corrected chi connectivity index (χ4v) is 2.62. The number of rotatable bonds is 2. The van der Waals surface area contributed by atoms with Crippen LogP contribution >= 0.6 is 11.8 Å². The summed E-state index contributed by atoms with van der Waals surface area (Å²) in [6.07, 6.45) is 0. The molecule has 6 N–H and O–H groups in total. The number of nitrogens with zero attached hydrogens (tertiary/aromatic N) is 2. The van der Waals surface area contributed by atoms with Gasteiger partial charge in [0.2, 0.25) is 0 Å². The average molecular weight is 291 g/mol. The Balaban J connectivity index is 1.94. The lowest BCUT2D eigenvalue weighted by Crippen LogP contribution is -2.15. The first-order valence-electron chi connectivity index (χ1n) is 5.89. The highest BCUT2D eigenvalue weighted by atomic mass is 32.2. The summed E-state index contributed by atoms with van der Waals surface area (Å²) in [5, 5.41) is 0.436. The van der Waals surface area contributed by atoms with E-state index in [1.807, 2.05) is 0 Å². The summed E-state index contributed by atoms with van der Waals surface area (Å²) in [6.45, 7) is 1.04. The molecule has 0 saturated carbocycles. The van der Waals surface area contributed by atoms with Crippen LogP contribution in [0.25, 0.3) is 0 Å². The third-order valence-corrected chi connectivity index (χ3v) is 3.56. The van der Waals surface area contributed by atoms with Crippen LogP contribution in [0.4, 0.5) is 17.3 Å². The molecule has 1 aromatic carbocycles. The van der Waals surface area contributed by atoms with Crippen molar-refractivity contribution in [3.05, 3.63) is 18.2 Å². The van der Waals surface area contributed by atoms with Crippen molar-refractivity contribution in [2.75, 3.05) is 30.4 Å². The fraction of sp³-hybridized carbons (Fsp3) is 0.167. The predicted octanol–water partition coefficient (Wildman–Crippen LogP) is 1.15.